The lowest BCUT2D eigenvalue weighted by molar-refractivity contribution is -0.189. The monoisotopic (exact) mass is 642 g/mol. The van der Waals surface area contributed by atoms with Crippen molar-refractivity contribution in [3.05, 3.63) is 107 Å². The van der Waals surface area contributed by atoms with E-state index >= 15 is 0 Å². The van der Waals surface area contributed by atoms with Crippen LogP contribution in [0.15, 0.2) is 72.0 Å². The maximum absolute atomic E-state index is 14.4. The Morgan fingerprint density at radius 3 is 1.98 bits per heavy atom. The van der Waals surface area contributed by atoms with Gasteiger partial charge in [-0.15, -0.1) is 0 Å². The van der Waals surface area contributed by atoms with E-state index in [9.17, 15) is 35.1 Å². The summed E-state index contributed by atoms with van der Waals surface area (Å²) in [4.78, 5) is 3.25. The summed E-state index contributed by atoms with van der Waals surface area (Å²) < 4.78 is 115. The molecule has 3 nitrogen and oxygen atoms in total. The van der Waals surface area contributed by atoms with E-state index in [4.69, 9.17) is 5.41 Å². The fourth-order valence-electron chi connectivity index (χ4n) is 4.57. The highest BCUT2D eigenvalue weighted by molar-refractivity contribution is 5.78. The first-order valence-electron chi connectivity index (χ1n) is 14.2. The summed E-state index contributed by atoms with van der Waals surface area (Å²) in [6.45, 7) is 10.2. The van der Waals surface area contributed by atoms with Crippen molar-refractivity contribution in [3.8, 4) is 5.75 Å². The molecule has 45 heavy (non-hydrogen) atoms. The van der Waals surface area contributed by atoms with Gasteiger partial charge in [0.25, 0.3) is 0 Å². The number of alkyl halides is 2. The molecule has 1 aliphatic carbocycles. The van der Waals surface area contributed by atoms with Gasteiger partial charge in [-0.1, -0.05) is 37.8 Å². The molecule has 0 aliphatic heterocycles. The fourth-order valence-corrected chi connectivity index (χ4v) is 4.57. The molecule has 0 heterocycles. The molecule has 0 bridgehead atoms. The molecule has 0 spiro atoms. The van der Waals surface area contributed by atoms with Gasteiger partial charge in [-0.3, -0.25) is 0 Å². The van der Waals surface area contributed by atoms with Crippen LogP contribution in [0.5, 0.6) is 5.75 Å². The normalized spacial score (nSPS) is 17.0. The Kier molecular flexibility index (Phi) is 16.8. The first-order chi connectivity index (χ1) is 21.3. The van der Waals surface area contributed by atoms with E-state index < -0.39 is 57.9 Å². The third kappa shape index (κ3) is 12.1. The molecule has 2 aromatic rings. The number of halogens is 8. The van der Waals surface area contributed by atoms with Gasteiger partial charge >= 0.3 is 6.11 Å². The second-order valence-corrected chi connectivity index (χ2v) is 9.97. The summed E-state index contributed by atoms with van der Waals surface area (Å²) in [5.74, 6) is -9.65. The molecule has 246 valence electrons. The zero-order chi connectivity index (χ0) is 34.2. The minimum absolute atomic E-state index is 0.0896. The second-order valence-electron chi connectivity index (χ2n) is 9.97. The smallest absolute Gasteiger partial charge is 0.429 e. The Balaban J connectivity index is 0.000000558. The standard InChI is InChI=1S/C21H14F8O.C11H19N.C2H5N/c1-3-5-13(14(22)6-4-2)11-7-15(23)19(16(24)8-11)21(28,29)30-12-9-17(25)20(27)18(26)10-12;1-2-3-10-4-6-11(7-5-10)8-9-12;1-3-2/h3,5-10H,1,4H2,2H3;2-3,9-12H,4-8H2,1H3;1H2,2H3/b13-5-,14-6+;3-2+,12-9?;. The van der Waals surface area contributed by atoms with Crippen molar-refractivity contribution in [3.63, 3.8) is 0 Å². The molecule has 0 unspecified atom stereocenters. The van der Waals surface area contributed by atoms with Crippen LogP contribution in [0.2, 0.25) is 0 Å². The molecule has 1 N–H and O–H groups in total. The van der Waals surface area contributed by atoms with Crippen LogP contribution in [0, 0.1) is 46.3 Å². The summed E-state index contributed by atoms with van der Waals surface area (Å²) in [7, 11) is 1.64. The predicted molar refractivity (Wildman–Crippen MR) is 164 cm³/mol. The summed E-state index contributed by atoms with van der Waals surface area (Å²) in [6.07, 6.45) is 11.2. The highest BCUT2D eigenvalue weighted by Gasteiger charge is 2.41. The molecule has 11 heteroatoms. The summed E-state index contributed by atoms with van der Waals surface area (Å²) in [5.41, 5.74) is -2.58. The lowest BCUT2D eigenvalue weighted by atomic mass is 9.81. The lowest BCUT2D eigenvalue weighted by Crippen LogP contribution is -2.25. The van der Waals surface area contributed by atoms with Crippen molar-refractivity contribution in [1.29, 1.82) is 5.41 Å². The highest BCUT2D eigenvalue weighted by Crippen LogP contribution is 2.38. The maximum Gasteiger partial charge on any atom is 0.432 e. The quantitative estimate of drug-likeness (QED) is 0.0905. The number of aliphatic imine (C=N–C) groups is 1. The molecule has 0 saturated heterocycles. The Bertz CT molecular complexity index is 1330. The van der Waals surface area contributed by atoms with Crippen LogP contribution in [-0.2, 0) is 6.11 Å². The van der Waals surface area contributed by atoms with Gasteiger partial charge in [0.1, 0.15) is 28.8 Å². The number of rotatable bonds is 10. The van der Waals surface area contributed by atoms with Crippen LogP contribution >= 0.6 is 0 Å². The van der Waals surface area contributed by atoms with Gasteiger partial charge in [-0.25, -0.2) is 26.3 Å². The van der Waals surface area contributed by atoms with Crippen LogP contribution < -0.4 is 4.74 Å². The topological polar surface area (TPSA) is 45.4 Å². The number of nitrogens with one attached hydrogen (secondary N) is 1. The van der Waals surface area contributed by atoms with Crippen molar-refractivity contribution in [2.45, 2.75) is 58.5 Å². The van der Waals surface area contributed by atoms with Gasteiger partial charge < -0.3 is 15.1 Å². The van der Waals surface area contributed by atoms with Gasteiger partial charge in [-0.05, 0) is 94.0 Å². The van der Waals surface area contributed by atoms with E-state index in [1.54, 1.807) is 20.2 Å². The number of hydrogen-bond donors (Lipinski definition) is 1. The molecule has 3 rings (SSSR count). The number of ether oxygens (including phenoxy) is 1. The fraction of sp³-hybridized carbons (Fsp3) is 0.353. The Hall–Kier alpha value is -4.02. The number of hydrogen-bond acceptors (Lipinski definition) is 3. The molecule has 0 amide bonds. The van der Waals surface area contributed by atoms with Crippen molar-refractivity contribution in [2.75, 3.05) is 7.05 Å². The van der Waals surface area contributed by atoms with E-state index in [0.29, 0.717) is 12.1 Å². The highest BCUT2D eigenvalue weighted by atomic mass is 19.3. The van der Waals surface area contributed by atoms with Crippen LogP contribution in [0.3, 0.4) is 0 Å². The predicted octanol–water partition coefficient (Wildman–Crippen LogP) is 11.1. The number of allylic oxidation sites excluding steroid dienone is 7. The molecule has 0 radical (unpaired) electrons. The molecule has 2 aromatic carbocycles. The van der Waals surface area contributed by atoms with Crippen molar-refractivity contribution >= 4 is 18.5 Å². The van der Waals surface area contributed by atoms with Gasteiger partial charge in [0, 0.05) is 24.8 Å². The summed E-state index contributed by atoms with van der Waals surface area (Å²) in [5, 5.41) is 7.03. The number of nitrogens with zero attached hydrogens (tertiary/aromatic N) is 1. The first kappa shape index (κ1) is 39.0. The van der Waals surface area contributed by atoms with E-state index in [1.807, 2.05) is 0 Å². The Morgan fingerprint density at radius 1 is 1.00 bits per heavy atom. The molecule has 0 aromatic heterocycles. The third-order valence-electron chi connectivity index (χ3n) is 6.58. The van der Waals surface area contributed by atoms with Crippen molar-refractivity contribution in [2.24, 2.45) is 16.8 Å². The maximum atomic E-state index is 14.4. The second kappa shape index (κ2) is 19.4. The Morgan fingerprint density at radius 2 is 1.53 bits per heavy atom. The largest absolute Gasteiger partial charge is 0.432 e. The third-order valence-corrected chi connectivity index (χ3v) is 6.58. The lowest BCUT2D eigenvalue weighted by Gasteiger charge is -2.25. The zero-order valence-corrected chi connectivity index (χ0v) is 25.5. The van der Waals surface area contributed by atoms with Crippen LogP contribution in [-0.4, -0.2) is 20.0 Å². The molecule has 1 aliphatic rings. The van der Waals surface area contributed by atoms with E-state index in [0.717, 1.165) is 36.5 Å². The van der Waals surface area contributed by atoms with Gasteiger partial charge in [-0.2, -0.15) is 8.78 Å². The van der Waals surface area contributed by atoms with Gasteiger partial charge in [0.2, 0.25) is 0 Å². The van der Waals surface area contributed by atoms with Crippen LogP contribution in [0.25, 0.3) is 5.57 Å². The average Bonchev–Trinajstić information content (AvgIpc) is 2.96. The zero-order valence-electron chi connectivity index (χ0n) is 25.5. The van der Waals surface area contributed by atoms with Crippen LogP contribution in [0.4, 0.5) is 35.1 Å². The minimum Gasteiger partial charge on any atom is -0.429 e. The minimum atomic E-state index is -4.73. The SMILES string of the molecule is C/C=C/C1CCC(CC=N)CC1.C=C/C=C(\C(F)=C/CC)c1cc(F)c(C(F)(F)Oc2cc(F)c(F)c(F)c2)c(F)c1.C=NC. The Labute approximate surface area is 259 Å². The van der Waals surface area contributed by atoms with E-state index in [2.05, 4.69) is 42.1 Å². The van der Waals surface area contributed by atoms with Gasteiger partial charge in [0.15, 0.2) is 17.5 Å². The molecular weight excluding hydrogens is 604 g/mol. The first-order valence-corrected chi connectivity index (χ1v) is 14.2. The summed E-state index contributed by atoms with van der Waals surface area (Å²) in [6, 6.07) is 1.07. The van der Waals surface area contributed by atoms with E-state index in [-0.39, 0.29) is 24.1 Å². The van der Waals surface area contributed by atoms with Gasteiger partial charge in [0.05, 0.1) is 0 Å². The summed E-state index contributed by atoms with van der Waals surface area (Å²) >= 11 is 0. The van der Waals surface area contributed by atoms with E-state index in [1.165, 1.54) is 25.7 Å². The molecule has 1 saturated carbocycles. The molecule has 0 atom stereocenters. The molecular formula is C34H38F8N2O. The average molecular weight is 643 g/mol. The molecule has 1 fully saturated rings. The van der Waals surface area contributed by atoms with Crippen molar-refractivity contribution in [1.82, 2.24) is 0 Å². The number of benzene rings is 2. The van der Waals surface area contributed by atoms with Crippen LogP contribution in [0.1, 0.15) is 63.5 Å². The van der Waals surface area contributed by atoms with Crippen molar-refractivity contribution < 1.29 is 39.9 Å².